The van der Waals surface area contributed by atoms with E-state index in [1.54, 1.807) is 0 Å². The van der Waals surface area contributed by atoms with Gasteiger partial charge >= 0.3 is 0 Å². The van der Waals surface area contributed by atoms with Crippen LogP contribution in [0, 0.1) is 12.8 Å². The molecule has 0 bridgehead atoms. The maximum Gasteiger partial charge on any atom is 0.0594 e. The van der Waals surface area contributed by atoms with E-state index >= 15 is 0 Å². The molecule has 2 aliphatic rings. The van der Waals surface area contributed by atoms with Gasteiger partial charge in [0.05, 0.1) is 13.2 Å². The second-order valence-corrected chi connectivity index (χ2v) is 5.96. The second kappa shape index (κ2) is 6.84. The number of morpholine rings is 1. The monoisotopic (exact) mass is 243 g/mol. The number of rotatable bonds is 4. The van der Waals surface area contributed by atoms with Crippen molar-refractivity contribution in [3.63, 3.8) is 0 Å². The molecule has 1 radical (unpaired) electrons. The van der Waals surface area contributed by atoms with Crippen molar-refractivity contribution in [2.75, 3.05) is 51.7 Å². The van der Waals surface area contributed by atoms with Crippen LogP contribution in [0.5, 0.6) is 0 Å². The second-order valence-electron chi connectivity index (χ2n) is 4.62. The molecule has 2 atom stereocenters. The lowest BCUT2D eigenvalue weighted by molar-refractivity contribution is 0.0360. The third kappa shape index (κ3) is 3.91. The summed E-state index contributed by atoms with van der Waals surface area (Å²) in [6, 6.07) is 0. The lowest BCUT2D eigenvalue weighted by Crippen LogP contribution is -2.40. The molecule has 0 aliphatic carbocycles. The highest BCUT2D eigenvalue weighted by molar-refractivity contribution is 8.00. The zero-order chi connectivity index (χ0) is 11.2. The van der Waals surface area contributed by atoms with Gasteiger partial charge in [-0.25, -0.2) is 0 Å². The molecular formula is C12H23N2OS. The Labute approximate surface area is 103 Å². The summed E-state index contributed by atoms with van der Waals surface area (Å²) in [5, 5.41) is 4.18. The van der Waals surface area contributed by atoms with Crippen LogP contribution in [-0.4, -0.2) is 61.8 Å². The van der Waals surface area contributed by atoms with Crippen molar-refractivity contribution < 1.29 is 4.74 Å². The van der Waals surface area contributed by atoms with E-state index in [2.05, 4.69) is 28.9 Å². The van der Waals surface area contributed by atoms with Crippen molar-refractivity contribution in [2.45, 2.75) is 11.7 Å². The third-order valence-electron chi connectivity index (χ3n) is 3.40. The molecule has 0 saturated carbocycles. The molecule has 0 aromatic heterocycles. The molecule has 93 valence electrons. The van der Waals surface area contributed by atoms with Gasteiger partial charge in [-0.15, -0.1) is 0 Å². The van der Waals surface area contributed by atoms with Crippen LogP contribution >= 0.6 is 11.8 Å². The Morgan fingerprint density at radius 1 is 1.44 bits per heavy atom. The van der Waals surface area contributed by atoms with Crippen LogP contribution in [-0.2, 0) is 4.74 Å². The Bertz CT molecular complexity index is 191. The minimum absolute atomic E-state index is 0.584. The van der Waals surface area contributed by atoms with Crippen molar-refractivity contribution in [3.05, 3.63) is 6.92 Å². The lowest BCUT2D eigenvalue weighted by Gasteiger charge is -2.31. The van der Waals surface area contributed by atoms with Crippen molar-refractivity contribution in [2.24, 2.45) is 5.92 Å². The van der Waals surface area contributed by atoms with Gasteiger partial charge in [-0.2, -0.15) is 11.8 Å². The maximum atomic E-state index is 5.35. The van der Waals surface area contributed by atoms with Gasteiger partial charge in [-0.1, -0.05) is 0 Å². The van der Waals surface area contributed by atoms with Gasteiger partial charge in [0.25, 0.3) is 0 Å². The predicted octanol–water partition coefficient (Wildman–Crippen LogP) is 0.864. The van der Waals surface area contributed by atoms with E-state index in [-0.39, 0.29) is 0 Å². The van der Waals surface area contributed by atoms with Crippen LogP contribution in [0.25, 0.3) is 0 Å². The molecule has 0 aromatic rings. The normalized spacial score (nSPS) is 30.2. The van der Waals surface area contributed by atoms with Crippen molar-refractivity contribution in [1.29, 1.82) is 0 Å². The Balaban J connectivity index is 1.63. The smallest absolute Gasteiger partial charge is 0.0594 e. The number of ether oxygens (including phenoxy) is 1. The highest BCUT2D eigenvalue weighted by Gasteiger charge is 2.21. The summed E-state index contributed by atoms with van der Waals surface area (Å²) >= 11 is 2.09. The molecule has 16 heavy (non-hydrogen) atoms. The molecule has 0 aromatic carbocycles. The first kappa shape index (κ1) is 12.7. The fourth-order valence-corrected chi connectivity index (χ4v) is 3.46. The van der Waals surface area contributed by atoms with Gasteiger partial charge < -0.3 is 10.1 Å². The number of hydrogen-bond donors (Lipinski definition) is 1. The molecule has 2 saturated heterocycles. The number of thioether (sulfide) groups is 1. The Kier molecular flexibility index (Phi) is 5.42. The highest BCUT2D eigenvalue weighted by Crippen LogP contribution is 2.23. The van der Waals surface area contributed by atoms with Gasteiger partial charge in [0.2, 0.25) is 0 Å². The molecular weight excluding hydrogens is 220 g/mol. The summed E-state index contributed by atoms with van der Waals surface area (Å²) in [6.07, 6.45) is 1.22. The van der Waals surface area contributed by atoms with Gasteiger partial charge in [-0.05, 0) is 25.8 Å². The molecule has 0 amide bonds. The Hall–Kier alpha value is 0.230. The average molecular weight is 243 g/mol. The van der Waals surface area contributed by atoms with E-state index in [4.69, 9.17) is 4.74 Å². The fourth-order valence-electron chi connectivity index (χ4n) is 2.25. The molecule has 0 spiro atoms. The zero-order valence-corrected chi connectivity index (χ0v) is 10.8. The quantitative estimate of drug-likeness (QED) is 0.792. The SMILES string of the molecule is [CH2]C(CCN1CCOCC1)C1CNCCS1. The predicted molar refractivity (Wildman–Crippen MR) is 69.8 cm³/mol. The summed E-state index contributed by atoms with van der Waals surface area (Å²) in [7, 11) is 0. The van der Waals surface area contributed by atoms with Crippen LogP contribution < -0.4 is 5.32 Å². The number of hydrogen-bond acceptors (Lipinski definition) is 4. The lowest BCUT2D eigenvalue weighted by atomic mass is 10.0. The van der Waals surface area contributed by atoms with E-state index in [0.717, 1.165) is 44.6 Å². The Morgan fingerprint density at radius 3 is 2.94 bits per heavy atom. The van der Waals surface area contributed by atoms with Gasteiger partial charge in [0.15, 0.2) is 0 Å². The van der Waals surface area contributed by atoms with E-state index in [1.807, 2.05) is 0 Å². The summed E-state index contributed by atoms with van der Waals surface area (Å²) in [6.45, 7) is 11.8. The van der Waals surface area contributed by atoms with Crippen LogP contribution in [0.15, 0.2) is 0 Å². The molecule has 2 fully saturated rings. The molecule has 1 N–H and O–H groups in total. The summed E-state index contributed by atoms with van der Waals surface area (Å²) < 4.78 is 5.35. The van der Waals surface area contributed by atoms with Gasteiger partial charge in [0, 0.05) is 37.2 Å². The number of nitrogens with one attached hydrogen (secondary N) is 1. The van der Waals surface area contributed by atoms with E-state index in [0.29, 0.717) is 5.92 Å². The molecule has 2 aliphatic heterocycles. The first-order chi connectivity index (χ1) is 7.86. The molecule has 4 heteroatoms. The molecule has 2 unspecified atom stereocenters. The molecule has 3 nitrogen and oxygen atoms in total. The van der Waals surface area contributed by atoms with Crippen LogP contribution in [0.4, 0.5) is 0 Å². The standard InChI is InChI=1S/C12H23N2OS/c1-11(12-10-13-3-9-16-12)2-4-14-5-7-15-8-6-14/h11-13H,1-10H2. The van der Waals surface area contributed by atoms with Gasteiger partial charge in [-0.3, -0.25) is 4.90 Å². The number of nitrogens with zero attached hydrogens (tertiary/aromatic N) is 1. The third-order valence-corrected chi connectivity index (χ3v) is 4.82. The highest BCUT2D eigenvalue weighted by atomic mass is 32.2. The average Bonchev–Trinajstić information content (AvgIpc) is 2.38. The summed E-state index contributed by atoms with van der Waals surface area (Å²) in [5.74, 6) is 1.83. The van der Waals surface area contributed by atoms with E-state index in [9.17, 15) is 0 Å². The topological polar surface area (TPSA) is 24.5 Å². The van der Waals surface area contributed by atoms with Crippen LogP contribution in [0.2, 0.25) is 0 Å². The first-order valence-corrected chi connectivity index (χ1v) is 7.36. The summed E-state index contributed by atoms with van der Waals surface area (Å²) in [5.41, 5.74) is 0. The fraction of sp³-hybridized carbons (Fsp3) is 0.917. The first-order valence-electron chi connectivity index (χ1n) is 6.32. The minimum atomic E-state index is 0.584. The largest absolute Gasteiger partial charge is 0.379 e. The Morgan fingerprint density at radius 2 is 2.25 bits per heavy atom. The van der Waals surface area contributed by atoms with E-state index in [1.165, 1.54) is 18.7 Å². The molecule has 2 rings (SSSR count). The van der Waals surface area contributed by atoms with Crippen molar-refractivity contribution in [1.82, 2.24) is 10.2 Å². The summed E-state index contributed by atoms with van der Waals surface area (Å²) in [4.78, 5) is 2.50. The molecule has 2 heterocycles. The van der Waals surface area contributed by atoms with Gasteiger partial charge in [0.1, 0.15) is 0 Å². The van der Waals surface area contributed by atoms with Crippen LogP contribution in [0.3, 0.4) is 0 Å². The minimum Gasteiger partial charge on any atom is -0.379 e. The van der Waals surface area contributed by atoms with E-state index < -0.39 is 0 Å². The maximum absolute atomic E-state index is 5.35. The zero-order valence-electron chi connectivity index (χ0n) is 9.99. The van der Waals surface area contributed by atoms with Crippen molar-refractivity contribution in [3.8, 4) is 0 Å². The van der Waals surface area contributed by atoms with Crippen LogP contribution in [0.1, 0.15) is 6.42 Å². The van der Waals surface area contributed by atoms with Crippen molar-refractivity contribution >= 4 is 11.8 Å².